The fraction of sp³-hybridized carbons (Fsp3) is 0.182. The first-order chi connectivity index (χ1) is 7.61. The second kappa shape index (κ2) is 4.17. The Morgan fingerprint density at radius 2 is 2.12 bits per heavy atom. The van der Waals surface area contributed by atoms with Crippen molar-refractivity contribution in [3.63, 3.8) is 0 Å². The van der Waals surface area contributed by atoms with Crippen LogP contribution in [0.3, 0.4) is 0 Å². The van der Waals surface area contributed by atoms with Crippen LogP contribution >= 0.6 is 15.9 Å². The summed E-state index contributed by atoms with van der Waals surface area (Å²) in [5.41, 5.74) is 0.415. The summed E-state index contributed by atoms with van der Waals surface area (Å²) in [6.45, 7) is 0. The van der Waals surface area contributed by atoms with Crippen LogP contribution in [0, 0.1) is 0 Å². The Kier molecular flexibility index (Phi) is 2.87. The third-order valence-corrected chi connectivity index (χ3v) is 2.65. The molecule has 0 bridgehead atoms. The molecule has 2 rings (SSSR count). The zero-order valence-corrected chi connectivity index (χ0v) is 9.82. The number of aromatic carboxylic acids is 1. The molecule has 0 unspecified atom stereocenters. The van der Waals surface area contributed by atoms with Gasteiger partial charge in [0.2, 0.25) is 0 Å². The van der Waals surface area contributed by atoms with Crippen molar-refractivity contribution < 1.29 is 19.4 Å². The monoisotopic (exact) mass is 284 g/mol. The maximum Gasteiger partial charge on any atom is 0.335 e. The minimum Gasteiger partial charge on any atom is -0.507 e. The normalized spacial score (nSPS) is 10.8. The van der Waals surface area contributed by atoms with Crippen molar-refractivity contribution in [2.75, 3.05) is 5.33 Å². The number of benzene rings is 1. The van der Waals surface area contributed by atoms with Gasteiger partial charge < -0.3 is 14.6 Å². The van der Waals surface area contributed by atoms with Gasteiger partial charge in [0.05, 0.1) is 10.9 Å². The lowest BCUT2D eigenvalue weighted by Gasteiger charge is -1.96. The maximum atomic E-state index is 10.8. The number of rotatable bonds is 3. The molecule has 2 N–H and O–H groups in total. The van der Waals surface area contributed by atoms with E-state index in [9.17, 15) is 9.90 Å². The van der Waals surface area contributed by atoms with E-state index in [0.29, 0.717) is 23.2 Å². The molecule has 1 aromatic carbocycles. The van der Waals surface area contributed by atoms with Crippen LogP contribution < -0.4 is 0 Å². The number of hydrogen-bond acceptors (Lipinski definition) is 3. The zero-order chi connectivity index (χ0) is 11.7. The summed E-state index contributed by atoms with van der Waals surface area (Å²) in [6, 6.07) is 4.35. The van der Waals surface area contributed by atoms with E-state index in [2.05, 4.69) is 15.9 Å². The van der Waals surface area contributed by atoms with Gasteiger partial charge in [0.1, 0.15) is 17.1 Å². The molecule has 5 heteroatoms. The van der Waals surface area contributed by atoms with Crippen LogP contribution in [0.2, 0.25) is 0 Å². The van der Waals surface area contributed by atoms with Crippen LogP contribution in [0.15, 0.2) is 22.6 Å². The minimum absolute atomic E-state index is 0.0183. The van der Waals surface area contributed by atoms with Gasteiger partial charge in [-0.2, -0.15) is 0 Å². The summed E-state index contributed by atoms with van der Waals surface area (Å²) < 4.78 is 5.43. The molecular formula is C11H9BrO4. The predicted molar refractivity (Wildman–Crippen MR) is 62.3 cm³/mol. The number of carbonyl (C=O) groups is 1. The van der Waals surface area contributed by atoms with Gasteiger partial charge in [-0.3, -0.25) is 0 Å². The van der Waals surface area contributed by atoms with E-state index in [-0.39, 0.29) is 11.3 Å². The first-order valence-electron chi connectivity index (χ1n) is 4.66. The predicted octanol–water partition coefficient (Wildman–Crippen LogP) is 2.77. The molecule has 0 radical (unpaired) electrons. The van der Waals surface area contributed by atoms with Crippen LogP contribution in [-0.4, -0.2) is 21.5 Å². The van der Waals surface area contributed by atoms with E-state index in [1.165, 1.54) is 12.1 Å². The number of carboxylic acid groups (broad SMARTS) is 1. The summed E-state index contributed by atoms with van der Waals surface area (Å²) >= 11 is 3.28. The Morgan fingerprint density at radius 1 is 1.38 bits per heavy atom. The van der Waals surface area contributed by atoms with Crippen LogP contribution in [-0.2, 0) is 6.42 Å². The Hall–Kier alpha value is -1.49. The minimum atomic E-state index is -1.09. The molecule has 0 aliphatic rings. The summed E-state index contributed by atoms with van der Waals surface area (Å²) in [6.07, 6.45) is 0.691. The highest BCUT2D eigenvalue weighted by atomic mass is 79.9. The van der Waals surface area contributed by atoms with Gasteiger partial charge in [0.15, 0.2) is 0 Å². The lowest BCUT2D eigenvalue weighted by molar-refractivity contribution is 0.0696. The molecule has 0 fully saturated rings. The average molecular weight is 285 g/mol. The van der Waals surface area contributed by atoms with Gasteiger partial charge in [-0.25, -0.2) is 4.79 Å². The van der Waals surface area contributed by atoms with Crippen LogP contribution in [0.4, 0.5) is 0 Å². The number of fused-ring (bicyclic) bond motifs is 1. The highest BCUT2D eigenvalue weighted by molar-refractivity contribution is 9.09. The highest BCUT2D eigenvalue weighted by Crippen LogP contribution is 2.29. The number of alkyl halides is 1. The molecule has 0 saturated carbocycles. The van der Waals surface area contributed by atoms with Gasteiger partial charge in [-0.05, 0) is 18.2 Å². The van der Waals surface area contributed by atoms with Crippen molar-refractivity contribution in [1.82, 2.24) is 0 Å². The smallest absolute Gasteiger partial charge is 0.335 e. The topological polar surface area (TPSA) is 70.7 Å². The summed E-state index contributed by atoms with van der Waals surface area (Å²) in [5.74, 6) is -0.445. The number of phenols is 1. The quantitative estimate of drug-likeness (QED) is 0.851. The van der Waals surface area contributed by atoms with Crippen LogP contribution in [0.5, 0.6) is 5.75 Å². The molecule has 1 aromatic heterocycles. The van der Waals surface area contributed by atoms with Gasteiger partial charge in [0.25, 0.3) is 0 Å². The van der Waals surface area contributed by atoms with Crippen molar-refractivity contribution in [3.8, 4) is 5.75 Å². The Bertz CT molecular complexity index is 544. The van der Waals surface area contributed by atoms with E-state index in [1.54, 1.807) is 6.07 Å². The van der Waals surface area contributed by atoms with E-state index in [4.69, 9.17) is 9.52 Å². The number of hydrogen-bond donors (Lipinski definition) is 2. The molecule has 4 nitrogen and oxygen atoms in total. The molecule has 0 amide bonds. The molecule has 0 aliphatic carbocycles. The molecule has 0 spiro atoms. The van der Waals surface area contributed by atoms with E-state index in [0.717, 1.165) is 5.33 Å². The number of aromatic hydroxyl groups is 1. The van der Waals surface area contributed by atoms with E-state index in [1.807, 2.05) is 0 Å². The van der Waals surface area contributed by atoms with Crippen molar-refractivity contribution >= 4 is 32.9 Å². The lowest BCUT2D eigenvalue weighted by atomic mass is 10.1. The van der Waals surface area contributed by atoms with E-state index >= 15 is 0 Å². The van der Waals surface area contributed by atoms with Gasteiger partial charge in [-0.1, -0.05) is 15.9 Å². The summed E-state index contributed by atoms with van der Waals surface area (Å²) in [4.78, 5) is 10.8. The van der Waals surface area contributed by atoms with Crippen molar-refractivity contribution in [2.24, 2.45) is 0 Å². The molecule has 0 saturated heterocycles. The molecule has 0 atom stereocenters. The van der Waals surface area contributed by atoms with Crippen molar-refractivity contribution in [1.29, 1.82) is 0 Å². The molecule has 16 heavy (non-hydrogen) atoms. The zero-order valence-electron chi connectivity index (χ0n) is 8.24. The fourth-order valence-corrected chi connectivity index (χ4v) is 1.90. The number of halogens is 1. The summed E-state index contributed by atoms with van der Waals surface area (Å²) in [5, 5.41) is 19.8. The highest BCUT2D eigenvalue weighted by Gasteiger charge is 2.12. The average Bonchev–Trinajstić information content (AvgIpc) is 2.61. The maximum absolute atomic E-state index is 10.8. The van der Waals surface area contributed by atoms with Gasteiger partial charge in [0, 0.05) is 11.8 Å². The van der Waals surface area contributed by atoms with E-state index < -0.39 is 5.97 Å². The standard InChI is InChI=1S/C11H9BrO4/c12-2-1-7-5-8-9(13)3-6(11(14)15)4-10(8)16-7/h3-5,13H,1-2H2,(H,14,15). The third kappa shape index (κ3) is 1.90. The second-order valence-electron chi connectivity index (χ2n) is 3.36. The SMILES string of the molecule is O=C(O)c1cc(O)c2cc(CCBr)oc2c1. The van der Waals surface area contributed by atoms with Crippen LogP contribution in [0.25, 0.3) is 11.0 Å². The largest absolute Gasteiger partial charge is 0.507 e. The number of aryl methyl sites for hydroxylation is 1. The first kappa shape index (κ1) is 11.0. The van der Waals surface area contributed by atoms with Gasteiger partial charge in [-0.15, -0.1) is 0 Å². The van der Waals surface area contributed by atoms with Crippen LogP contribution in [0.1, 0.15) is 16.1 Å². The Labute approximate surface area is 99.6 Å². The number of phenolic OH excluding ortho intramolecular Hbond substituents is 1. The molecule has 1 heterocycles. The van der Waals surface area contributed by atoms with Gasteiger partial charge >= 0.3 is 5.97 Å². The third-order valence-electron chi connectivity index (χ3n) is 2.25. The molecule has 2 aromatic rings. The number of carboxylic acids is 1. The Morgan fingerprint density at radius 3 is 2.75 bits per heavy atom. The summed E-state index contributed by atoms with van der Waals surface area (Å²) in [7, 11) is 0. The Balaban J connectivity index is 2.58. The van der Waals surface area contributed by atoms with Crippen molar-refractivity contribution in [3.05, 3.63) is 29.5 Å². The lowest BCUT2D eigenvalue weighted by Crippen LogP contribution is -1.94. The molecule has 84 valence electrons. The second-order valence-corrected chi connectivity index (χ2v) is 4.16. The molecular weight excluding hydrogens is 276 g/mol. The van der Waals surface area contributed by atoms with Crippen molar-refractivity contribution in [2.45, 2.75) is 6.42 Å². The number of furan rings is 1. The first-order valence-corrected chi connectivity index (χ1v) is 5.78. The fourth-order valence-electron chi connectivity index (χ4n) is 1.51. The molecule has 0 aliphatic heterocycles.